The van der Waals surface area contributed by atoms with Gasteiger partial charge >= 0.3 is 0 Å². The SMILES string of the molecule is CCCCN(CCO)C(=O)c1cccc(C#CCCO)c1. The molecule has 0 aromatic heterocycles. The van der Waals surface area contributed by atoms with Crippen molar-refractivity contribution in [2.75, 3.05) is 26.3 Å². The summed E-state index contributed by atoms with van der Waals surface area (Å²) in [5, 5.41) is 17.8. The lowest BCUT2D eigenvalue weighted by molar-refractivity contribution is 0.0719. The van der Waals surface area contributed by atoms with Crippen LogP contribution in [0.5, 0.6) is 0 Å². The number of benzene rings is 1. The van der Waals surface area contributed by atoms with Gasteiger partial charge in [0.2, 0.25) is 0 Å². The van der Waals surface area contributed by atoms with Gasteiger partial charge in [-0.3, -0.25) is 4.79 Å². The molecule has 1 aromatic carbocycles. The Labute approximate surface area is 126 Å². The Balaban J connectivity index is 2.84. The van der Waals surface area contributed by atoms with Crippen molar-refractivity contribution in [3.05, 3.63) is 35.4 Å². The van der Waals surface area contributed by atoms with Crippen LogP contribution in [0.4, 0.5) is 0 Å². The van der Waals surface area contributed by atoms with Crippen LogP contribution < -0.4 is 0 Å². The van der Waals surface area contributed by atoms with Gasteiger partial charge < -0.3 is 15.1 Å². The first-order valence-corrected chi connectivity index (χ1v) is 7.32. The molecule has 21 heavy (non-hydrogen) atoms. The lowest BCUT2D eigenvalue weighted by atomic mass is 10.1. The lowest BCUT2D eigenvalue weighted by Gasteiger charge is -2.21. The summed E-state index contributed by atoms with van der Waals surface area (Å²) in [7, 11) is 0. The quantitative estimate of drug-likeness (QED) is 0.750. The molecule has 0 atom stereocenters. The molecular formula is C17H23NO3. The number of hydrogen-bond donors (Lipinski definition) is 2. The van der Waals surface area contributed by atoms with Crippen LogP contribution >= 0.6 is 0 Å². The molecule has 0 saturated carbocycles. The Morgan fingerprint density at radius 2 is 2.05 bits per heavy atom. The standard InChI is InChI=1S/C17H23NO3/c1-2-3-10-18(11-13-20)17(21)16-9-6-8-15(14-16)7-4-5-12-19/h6,8-9,14,19-20H,2-3,5,10-13H2,1H3. The summed E-state index contributed by atoms with van der Waals surface area (Å²) in [5.74, 6) is 5.69. The van der Waals surface area contributed by atoms with Crippen molar-refractivity contribution < 1.29 is 15.0 Å². The molecule has 0 heterocycles. The number of unbranched alkanes of at least 4 members (excludes halogenated alkanes) is 1. The zero-order chi connectivity index (χ0) is 15.5. The number of aliphatic hydroxyl groups excluding tert-OH is 2. The number of hydrogen-bond acceptors (Lipinski definition) is 3. The topological polar surface area (TPSA) is 60.8 Å². The Morgan fingerprint density at radius 1 is 1.24 bits per heavy atom. The van der Waals surface area contributed by atoms with Gasteiger partial charge in [0.05, 0.1) is 13.2 Å². The first-order valence-electron chi connectivity index (χ1n) is 7.32. The number of amides is 1. The van der Waals surface area contributed by atoms with E-state index >= 15 is 0 Å². The Morgan fingerprint density at radius 3 is 2.71 bits per heavy atom. The third kappa shape index (κ3) is 5.99. The molecule has 1 rings (SSSR count). The highest BCUT2D eigenvalue weighted by Crippen LogP contribution is 2.09. The van der Waals surface area contributed by atoms with Crippen LogP contribution in [-0.4, -0.2) is 47.3 Å². The fourth-order valence-electron chi connectivity index (χ4n) is 1.92. The molecule has 4 nitrogen and oxygen atoms in total. The van der Waals surface area contributed by atoms with Gasteiger partial charge in [-0.1, -0.05) is 31.3 Å². The van der Waals surface area contributed by atoms with E-state index in [2.05, 4.69) is 18.8 Å². The monoisotopic (exact) mass is 289 g/mol. The van der Waals surface area contributed by atoms with Crippen LogP contribution in [0, 0.1) is 11.8 Å². The smallest absolute Gasteiger partial charge is 0.253 e. The van der Waals surface area contributed by atoms with Gasteiger partial charge in [-0.05, 0) is 24.6 Å². The highest BCUT2D eigenvalue weighted by atomic mass is 16.3. The number of nitrogens with zero attached hydrogens (tertiary/aromatic N) is 1. The van der Waals surface area contributed by atoms with E-state index in [0.717, 1.165) is 18.4 Å². The lowest BCUT2D eigenvalue weighted by Crippen LogP contribution is -2.34. The van der Waals surface area contributed by atoms with E-state index in [9.17, 15) is 4.79 Å². The zero-order valence-corrected chi connectivity index (χ0v) is 12.5. The van der Waals surface area contributed by atoms with Gasteiger partial charge in [-0.25, -0.2) is 0 Å². The number of aliphatic hydroxyl groups is 2. The maximum atomic E-state index is 12.4. The van der Waals surface area contributed by atoms with E-state index < -0.39 is 0 Å². The molecular weight excluding hydrogens is 266 g/mol. The molecule has 0 aliphatic heterocycles. The van der Waals surface area contributed by atoms with Crippen LogP contribution in [0.2, 0.25) is 0 Å². The van der Waals surface area contributed by atoms with Gasteiger partial charge in [-0.2, -0.15) is 0 Å². The van der Waals surface area contributed by atoms with Gasteiger partial charge in [0.1, 0.15) is 0 Å². The van der Waals surface area contributed by atoms with Gasteiger partial charge in [0.15, 0.2) is 0 Å². The van der Waals surface area contributed by atoms with Crippen molar-refractivity contribution >= 4 is 5.91 Å². The minimum Gasteiger partial charge on any atom is -0.395 e. The molecule has 0 aliphatic rings. The van der Waals surface area contributed by atoms with Crippen LogP contribution in [0.15, 0.2) is 24.3 Å². The van der Waals surface area contributed by atoms with Crippen molar-refractivity contribution in [3.8, 4) is 11.8 Å². The molecule has 0 radical (unpaired) electrons. The minimum absolute atomic E-state index is 0.0346. The highest BCUT2D eigenvalue weighted by Gasteiger charge is 2.14. The average molecular weight is 289 g/mol. The first kappa shape index (κ1) is 17.2. The summed E-state index contributed by atoms with van der Waals surface area (Å²) in [6.07, 6.45) is 2.34. The summed E-state index contributed by atoms with van der Waals surface area (Å²) in [6.45, 7) is 3.06. The summed E-state index contributed by atoms with van der Waals surface area (Å²) < 4.78 is 0. The van der Waals surface area contributed by atoms with Gasteiger partial charge in [0, 0.05) is 30.6 Å². The third-order valence-electron chi connectivity index (χ3n) is 3.02. The summed E-state index contributed by atoms with van der Waals surface area (Å²) >= 11 is 0. The summed E-state index contributed by atoms with van der Waals surface area (Å²) in [5.41, 5.74) is 1.34. The molecule has 0 saturated heterocycles. The molecule has 0 aliphatic carbocycles. The second kappa shape index (κ2) is 9.98. The Bertz CT molecular complexity index is 502. The summed E-state index contributed by atoms with van der Waals surface area (Å²) in [6, 6.07) is 7.15. The molecule has 2 N–H and O–H groups in total. The Hall–Kier alpha value is -1.83. The maximum Gasteiger partial charge on any atom is 0.253 e. The molecule has 4 heteroatoms. The number of rotatable bonds is 7. The zero-order valence-electron chi connectivity index (χ0n) is 12.5. The van der Waals surface area contributed by atoms with E-state index in [0.29, 0.717) is 25.1 Å². The Kier molecular flexibility index (Phi) is 8.18. The largest absolute Gasteiger partial charge is 0.395 e. The fourth-order valence-corrected chi connectivity index (χ4v) is 1.92. The second-order valence-corrected chi connectivity index (χ2v) is 4.73. The maximum absolute atomic E-state index is 12.4. The predicted molar refractivity (Wildman–Crippen MR) is 82.9 cm³/mol. The van der Waals surface area contributed by atoms with E-state index in [1.807, 2.05) is 6.07 Å². The predicted octanol–water partition coefficient (Wildman–Crippen LogP) is 1.66. The molecule has 0 fully saturated rings. The molecule has 1 aromatic rings. The summed E-state index contributed by atoms with van der Waals surface area (Å²) in [4.78, 5) is 14.1. The van der Waals surface area contributed by atoms with E-state index in [1.54, 1.807) is 23.1 Å². The first-order chi connectivity index (χ1) is 10.2. The van der Waals surface area contributed by atoms with Crippen LogP contribution in [0.3, 0.4) is 0 Å². The van der Waals surface area contributed by atoms with Crippen LogP contribution in [0.25, 0.3) is 0 Å². The van der Waals surface area contributed by atoms with Crippen LogP contribution in [0.1, 0.15) is 42.1 Å². The van der Waals surface area contributed by atoms with E-state index in [-0.39, 0.29) is 19.1 Å². The highest BCUT2D eigenvalue weighted by molar-refractivity contribution is 5.94. The van der Waals surface area contributed by atoms with E-state index in [1.165, 1.54) is 0 Å². The number of carbonyl (C=O) groups excluding carboxylic acids is 1. The van der Waals surface area contributed by atoms with E-state index in [4.69, 9.17) is 10.2 Å². The second-order valence-electron chi connectivity index (χ2n) is 4.73. The van der Waals surface area contributed by atoms with Crippen molar-refractivity contribution in [1.29, 1.82) is 0 Å². The van der Waals surface area contributed by atoms with Gasteiger partial charge in [-0.15, -0.1) is 0 Å². The molecule has 1 amide bonds. The minimum atomic E-state index is -0.0803. The fraction of sp³-hybridized carbons (Fsp3) is 0.471. The van der Waals surface area contributed by atoms with Crippen molar-refractivity contribution in [3.63, 3.8) is 0 Å². The molecule has 0 unspecified atom stereocenters. The molecule has 0 spiro atoms. The van der Waals surface area contributed by atoms with Crippen molar-refractivity contribution in [1.82, 2.24) is 4.90 Å². The number of carbonyl (C=O) groups is 1. The van der Waals surface area contributed by atoms with Gasteiger partial charge in [0.25, 0.3) is 5.91 Å². The van der Waals surface area contributed by atoms with Crippen LogP contribution in [-0.2, 0) is 0 Å². The average Bonchev–Trinajstić information content (AvgIpc) is 2.51. The third-order valence-corrected chi connectivity index (χ3v) is 3.02. The van der Waals surface area contributed by atoms with Crippen molar-refractivity contribution in [2.24, 2.45) is 0 Å². The molecule has 0 bridgehead atoms. The van der Waals surface area contributed by atoms with Crippen molar-refractivity contribution in [2.45, 2.75) is 26.2 Å². The molecule has 114 valence electrons. The normalized spacial score (nSPS) is 9.86.